The number of ether oxygens (including phenoxy) is 1. The molecule has 0 radical (unpaired) electrons. The van der Waals surface area contributed by atoms with Crippen LogP contribution < -0.4 is 10.1 Å². The number of rotatable bonds is 4. The first-order valence-corrected chi connectivity index (χ1v) is 6.80. The van der Waals surface area contributed by atoms with Crippen LogP contribution in [-0.4, -0.2) is 17.6 Å². The van der Waals surface area contributed by atoms with Gasteiger partial charge in [0.25, 0.3) is 5.91 Å². The SMILES string of the molecule is N#CCOc1ccccc1NC(=O)c1ccc(Br)c(O)c1. The first kappa shape index (κ1) is 14.9. The second-order valence-corrected chi connectivity index (χ2v) is 4.92. The van der Waals surface area contributed by atoms with Crippen LogP contribution in [0.5, 0.6) is 11.5 Å². The maximum absolute atomic E-state index is 12.1. The van der Waals surface area contributed by atoms with Gasteiger partial charge in [0.2, 0.25) is 0 Å². The van der Waals surface area contributed by atoms with E-state index in [1.54, 1.807) is 36.4 Å². The monoisotopic (exact) mass is 346 g/mol. The van der Waals surface area contributed by atoms with Crippen LogP contribution in [-0.2, 0) is 0 Å². The Bertz CT molecular complexity index is 710. The van der Waals surface area contributed by atoms with E-state index in [0.29, 0.717) is 21.5 Å². The number of phenolic OH excluding ortho intramolecular Hbond substituents is 1. The van der Waals surface area contributed by atoms with E-state index in [2.05, 4.69) is 21.2 Å². The van der Waals surface area contributed by atoms with Crippen LogP contribution in [0.2, 0.25) is 0 Å². The standard InChI is InChI=1S/C15H11BrN2O3/c16-11-6-5-10(9-13(11)19)15(20)18-12-3-1-2-4-14(12)21-8-7-17/h1-6,9,19H,8H2,(H,18,20). The minimum Gasteiger partial charge on any atom is -0.507 e. The molecule has 0 aliphatic carbocycles. The van der Waals surface area contributed by atoms with E-state index in [1.165, 1.54) is 6.07 Å². The second-order valence-electron chi connectivity index (χ2n) is 4.06. The number of nitriles is 1. The molecule has 5 nitrogen and oxygen atoms in total. The molecule has 0 fully saturated rings. The molecule has 0 aliphatic rings. The van der Waals surface area contributed by atoms with E-state index in [9.17, 15) is 9.90 Å². The lowest BCUT2D eigenvalue weighted by atomic mass is 10.2. The number of halogens is 1. The summed E-state index contributed by atoms with van der Waals surface area (Å²) >= 11 is 3.15. The molecule has 0 aromatic heterocycles. The van der Waals surface area contributed by atoms with E-state index >= 15 is 0 Å². The number of phenols is 1. The van der Waals surface area contributed by atoms with Gasteiger partial charge in [-0.15, -0.1) is 0 Å². The first-order valence-electron chi connectivity index (χ1n) is 6.00. The van der Waals surface area contributed by atoms with Gasteiger partial charge in [0.15, 0.2) is 6.61 Å². The van der Waals surface area contributed by atoms with E-state index in [1.807, 2.05) is 6.07 Å². The van der Waals surface area contributed by atoms with Gasteiger partial charge in [-0.2, -0.15) is 5.26 Å². The molecule has 2 rings (SSSR count). The number of hydrogen-bond donors (Lipinski definition) is 2. The van der Waals surface area contributed by atoms with Crippen molar-refractivity contribution in [3.05, 3.63) is 52.5 Å². The highest BCUT2D eigenvalue weighted by molar-refractivity contribution is 9.10. The summed E-state index contributed by atoms with van der Waals surface area (Å²) in [7, 11) is 0. The lowest BCUT2D eigenvalue weighted by Crippen LogP contribution is -2.13. The number of carbonyl (C=O) groups excluding carboxylic acids is 1. The van der Waals surface area contributed by atoms with Crippen molar-refractivity contribution in [2.45, 2.75) is 0 Å². The van der Waals surface area contributed by atoms with Crippen LogP contribution in [0.3, 0.4) is 0 Å². The van der Waals surface area contributed by atoms with Crippen LogP contribution in [0, 0.1) is 11.3 Å². The van der Waals surface area contributed by atoms with Crippen LogP contribution in [0.4, 0.5) is 5.69 Å². The molecule has 106 valence electrons. The van der Waals surface area contributed by atoms with Crippen LogP contribution in [0.15, 0.2) is 46.9 Å². The molecule has 0 bridgehead atoms. The van der Waals surface area contributed by atoms with Crippen molar-refractivity contribution in [3.8, 4) is 17.6 Å². The minimum atomic E-state index is -0.384. The predicted octanol–water partition coefficient (Wildman–Crippen LogP) is 3.31. The number of anilines is 1. The van der Waals surface area contributed by atoms with E-state index < -0.39 is 0 Å². The molecule has 0 heterocycles. The van der Waals surface area contributed by atoms with Gasteiger partial charge in [0.05, 0.1) is 10.2 Å². The minimum absolute atomic E-state index is 0.0170. The number of nitrogens with one attached hydrogen (secondary N) is 1. The number of aromatic hydroxyl groups is 1. The molecule has 0 unspecified atom stereocenters. The van der Waals surface area contributed by atoms with Gasteiger partial charge >= 0.3 is 0 Å². The summed E-state index contributed by atoms with van der Waals surface area (Å²) in [5.41, 5.74) is 0.769. The Morgan fingerprint density at radius 2 is 2.10 bits per heavy atom. The zero-order valence-electron chi connectivity index (χ0n) is 10.8. The Hall–Kier alpha value is -2.52. The van der Waals surface area contributed by atoms with Crippen molar-refractivity contribution in [1.29, 1.82) is 5.26 Å². The fourth-order valence-electron chi connectivity index (χ4n) is 1.65. The average molecular weight is 347 g/mol. The van der Waals surface area contributed by atoms with Gasteiger partial charge in [0.1, 0.15) is 17.6 Å². The third-order valence-electron chi connectivity index (χ3n) is 2.64. The fraction of sp³-hybridized carbons (Fsp3) is 0.0667. The van der Waals surface area contributed by atoms with Gasteiger partial charge < -0.3 is 15.2 Å². The topological polar surface area (TPSA) is 82.3 Å². The molecular formula is C15H11BrN2O3. The lowest BCUT2D eigenvalue weighted by Gasteiger charge is -2.11. The Balaban J connectivity index is 2.19. The maximum atomic E-state index is 12.1. The van der Waals surface area contributed by atoms with Crippen LogP contribution >= 0.6 is 15.9 Å². The molecule has 6 heteroatoms. The summed E-state index contributed by atoms with van der Waals surface area (Å²) in [6.45, 7) is -0.105. The van der Waals surface area contributed by atoms with Crippen LogP contribution in [0.1, 0.15) is 10.4 Å². The summed E-state index contributed by atoms with van der Waals surface area (Å²) < 4.78 is 5.74. The van der Waals surface area contributed by atoms with Gasteiger partial charge in [-0.1, -0.05) is 12.1 Å². The van der Waals surface area contributed by atoms with E-state index in [-0.39, 0.29) is 18.3 Å². The Kier molecular flexibility index (Phi) is 4.80. The van der Waals surface area contributed by atoms with Crippen LogP contribution in [0.25, 0.3) is 0 Å². The lowest BCUT2D eigenvalue weighted by molar-refractivity contribution is 0.102. The molecule has 2 aromatic rings. The highest BCUT2D eigenvalue weighted by Gasteiger charge is 2.11. The molecule has 0 aliphatic heterocycles. The third-order valence-corrected chi connectivity index (χ3v) is 3.31. The van der Waals surface area contributed by atoms with Gasteiger partial charge in [-0.3, -0.25) is 4.79 Å². The summed E-state index contributed by atoms with van der Waals surface area (Å²) in [6.07, 6.45) is 0. The maximum Gasteiger partial charge on any atom is 0.255 e. The number of hydrogen-bond acceptors (Lipinski definition) is 4. The van der Waals surface area contributed by atoms with Gasteiger partial charge in [-0.25, -0.2) is 0 Å². The second kappa shape index (κ2) is 6.77. The van der Waals surface area contributed by atoms with Crippen molar-refractivity contribution in [2.24, 2.45) is 0 Å². The molecule has 0 spiro atoms. The normalized spacial score (nSPS) is 9.71. The summed E-state index contributed by atoms with van der Waals surface area (Å²) in [5.74, 6) is 0.0104. The Morgan fingerprint density at radius 3 is 2.81 bits per heavy atom. The molecule has 2 aromatic carbocycles. The largest absolute Gasteiger partial charge is 0.507 e. The molecule has 2 N–H and O–H groups in total. The third kappa shape index (κ3) is 3.74. The first-order chi connectivity index (χ1) is 10.1. The zero-order chi connectivity index (χ0) is 15.2. The Morgan fingerprint density at radius 1 is 1.33 bits per heavy atom. The Labute approximate surface area is 129 Å². The molecular weight excluding hydrogens is 336 g/mol. The van der Waals surface area contributed by atoms with E-state index in [4.69, 9.17) is 10.00 Å². The predicted molar refractivity (Wildman–Crippen MR) is 81.3 cm³/mol. The smallest absolute Gasteiger partial charge is 0.255 e. The highest BCUT2D eigenvalue weighted by Crippen LogP contribution is 2.27. The number of carbonyl (C=O) groups is 1. The highest BCUT2D eigenvalue weighted by atomic mass is 79.9. The van der Waals surface area contributed by atoms with Crippen molar-refractivity contribution < 1.29 is 14.6 Å². The number of amides is 1. The molecule has 0 atom stereocenters. The number of benzene rings is 2. The van der Waals surface area contributed by atoms with E-state index in [0.717, 1.165) is 0 Å². The van der Waals surface area contributed by atoms with Crippen molar-refractivity contribution >= 4 is 27.5 Å². The molecule has 0 saturated heterocycles. The van der Waals surface area contributed by atoms with Crippen molar-refractivity contribution in [2.75, 3.05) is 11.9 Å². The molecule has 21 heavy (non-hydrogen) atoms. The van der Waals surface area contributed by atoms with Crippen molar-refractivity contribution in [3.63, 3.8) is 0 Å². The molecule has 1 amide bonds. The van der Waals surface area contributed by atoms with Gasteiger partial charge in [-0.05, 0) is 46.3 Å². The number of nitrogens with zero attached hydrogens (tertiary/aromatic N) is 1. The summed E-state index contributed by atoms with van der Waals surface area (Å²) in [4.78, 5) is 12.1. The summed E-state index contributed by atoms with van der Waals surface area (Å²) in [5, 5.41) is 20.8. The van der Waals surface area contributed by atoms with Crippen molar-refractivity contribution in [1.82, 2.24) is 0 Å². The molecule has 0 saturated carbocycles. The van der Waals surface area contributed by atoms with Gasteiger partial charge in [0, 0.05) is 5.56 Å². The quantitative estimate of drug-likeness (QED) is 0.889. The number of para-hydroxylation sites is 2. The average Bonchev–Trinajstić information content (AvgIpc) is 2.49. The summed E-state index contributed by atoms with van der Waals surface area (Å²) in [6, 6.07) is 13.2. The zero-order valence-corrected chi connectivity index (χ0v) is 12.4. The fourth-order valence-corrected chi connectivity index (χ4v) is 1.90.